The normalized spacial score (nSPS) is 18.4. The lowest BCUT2D eigenvalue weighted by molar-refractivity contribution is -0.117. The number of hydrogen-bond donors (Lipinski definition) is 0. The molecule has 1 saturated heterocycles. The van der Waals surface area contributed by atoms with Crippen LogP contribution in [0.3, 0.4) is 0 Å². The van der Waals surface area contributed by atoms with E-state index < -0.39 is 0 Å². The van der Waals surface area contributed by atoms with Gasteiger partial charge in [0.15, 0.2) is 5.12 Å². The van der Waals surface area contributed by atoms with E-state index in [-0.39, 0.29) is 16.3 Å². The van der Waals surface area contributed by atoms with Gasteiger partial charge >= 0.3 is 0 Å². The van der Waals surface area contributed by atoms with Crippen LogP contribution in [0.2, 0.25) is 0 Å². The van der Waals surface area contributed by atoms with Gasteiger partial charge in [0.25, 0.3) is 0 Å². The molecule has 0 bridgehead atoms. The van der Waals surface area contributed by atoms with Crippen molar-refractivity contribution in [3.63, 3.8) is 0 Å². The summed E-state index contributed by atoms with van der Waals surface area (Å²) in [5, 5.41) is 0.0916. The fourth-order valence-corrected chi connectivity index (χ4v) is 3.26. The average molecular weight is 293 g/mol. The Balaban J connectivity index is 2.24. The van der Waals surface area contributed by atoms with Gasteiger partial charge in [0.1, 0.15) is 5.75 Å². The number of rotatable bonds is 4. The van der Waals surface area contributed by atoms with Crippen LogP contribution in [0.4, 0.5) is 5.69 Å². The molecule has 0 aromatic heterocycles. The van der Waals surface area contributed by atoms with E-state index in [1.54, 1.807) is 4.90 Å². The molecule has 0 saturated carbocycles. The Bertz CT molecular complexity index is 530. The van der Waals surface area contributed by atoms with Crippen LogP contribution in [0.5, 0.6) is 5.75 Å². The van der Waals surface area contributed by atoms with Crippen LogP contribution < -0.4 is 9.64 Å². The van der Waals surface area contributed by atoms with Crippen molar-refractivity contribution >= 4 is 28.5 Å². The second-order valence-electron chi connectivity index (χ2n) is 4.84. The first-order valence-electron chi connectivity index (χ1n) is 6.72. The SMILES string of the molecule is CCOc1ccc(C)cc1N1CC(SC(C)=O)CC1=O. The summed E-state index contributed by atoms with van der Waals surface area (Å²) in [5.74, 6) is 0.773. The van der Waals surface area contributed by atoms with Crippen LogP contribution >= 0.6 is 11.8 Å². The zero-order chi connectivity index (χ0) is 14.7. The zero-order valence-electron chi connectivity index (χ0n) is 12.0. The number of anilines is 1. The van der Waals surface area contributed by atoms with Crippen LogP contribution in [0.1, 0.15) is 25.8 Å². The molecule has 1 unspecified atom stereocenters. The van der Waals surface area contributed by atoms with E-state index in [1.807, 2.05) is 32.0 Å². The molecule has 5 heteroatoms. The summed E-state index contributed by atoms with van der Waals surface area (Å²) < 4.78 is 5.60. The summed E-state index contributed by atoms with van der Waals surface area (Å²) in [4.78, 5) is 25.1. The average Bonchev–Trinajstić information content (AvgIpc) is 2.71. The minimum absolute atomic E-state index is 0.0370. The number of aryl methyl sites for hydroxylation is 1. The van der Waals surface area contributed by atoms with Gasteiger partial charge in [-0.3, -0.25) is 9.59 Å². The Morgan fingerprint density at radius 2 is 2.25 bits per heavy atom. The van der Waals surface area contributed by atoms with E-state index in [4.69, 9.17) is 4.74 Å². The monoisotopic (exact) mass is 293 g/mol. The molecule has 1 aliphatic rings. The molecule has 1 aliphatic heterocycles. The predicted molar refractivity (Wildman–Crippen MR) is 81.4 cm³/mol. The van der Waals surface area contributed by atoms with E-state index in [9.17, 15) is 9.59 Å². The number of ether oxygens (including phenoxy) is 1. The first-order chi connectivity index (χ1) is 9.51. The summed E-state index contributed by atoms with van der Waals surface area (Å²) in [6.07, 6.45) is 0.407. The van der Waals surface area contributed by atoms with Crippen molar-refractivity contribution in [2.45, 2.75) is 32.4 Å². The largest absolute Gasteiger partial charge is 0.492 e. The third-order valence-corrected chi connectivity index (χ3v) is 4.11. The Hall–Kier alpha value is -1.49. The van der Waals surface area contributed by atoms with Gasteiger partial charge in [0.2, 0.25) is 5.91 Å². The zero-order valence-corrected chi connectivity index (χ0v) is 12.8. The molecule has 0 N–H and O–H groups in total. The van der Waals surface area contributed by atoms with Gasteiger partial charge in [-0.05, 0) is 31.5 Å². The maximum absolute atomic E-state index is 12.2. The molecule has 0 radical (unpaired) electrons. The Kier molecular flexibility index (Phi) is 4.70. The molecule has 1 heterocycles. The van der Waals surface area contributed by atoms with Crippen molar-refractivity contribution < 1.29 is 14.3 Å². The molecule has 1 aromatic carbocycles. The van der Waals surface area contributed by atoms with E-state index >= 15 is 0 Å². The van der Waals surface area contributed by atoms with Crippen LogP contribution in [0.25, 0.3) is 0 Å². The molecule has 4 nitrogen and oxygen atoms in total. The van der Waals surface area contributed by atoms with Gasteiger partial charge in [0.05, 0.1) is 12.3 Å². The topological polar surface area (TPSA) is 46.6 Å². The van der Waals surface area contributed by atoms with Crippen LogP contribution in [0.15, 0.2) is 18.2 Å². The third-order valence-electron chi connectivity index (χ3n) is 3.13. The number of amides is 1. The van der Waals surface area contributed by atoms with Gasteiger partial charge in [-0.25, -0.2) is 0 Å². The second-order valence-corrected chi connectivity index (χ2v) is 6.32. The lowest BCUT2D eigenvalue weighted by Crippen LogP contribution is -2.25. The number of hydrogen-bond acceptors (Lipinski definition) is 4. The van der Waals surface area contributed by atoms with Crippen LogP contribution in [0, 0.1) is 6.92 Å². The second kappa shape index (κ2) is 6.31. The summed E-state index contributed by atoms with van der Waals surface area (Å²) in [6, 6.07) is 5.83. The Morgan fingerprint density at radius 3 is 2.90 bits per heavy atom. The first kappa shape index (κ1) is 14.9. The standard InChI is InChI=1S/C15H19NO3S/c1-4-19-14-6-5-10(2)7-13(14)16-9-12(8-15(16)18)20-11(3)17/h5-7,12H,4,8-9H2,1-3H3. The minimum Gasteiger partial charge on any atom is -0.492 e. The van der Waals surface area contributed by atoms with Gasteiger partial charge < -0.3 is 9.64 Å². The first-order valence-corrected chi connectivity index (χ1v) is 7.60. The van der Waals surface area contributed by atoms with E-state index in [0.29, 0.717) is 19.6 Å². The van der Waals surface area contributed by atoms with Gasteiger partial charge in [0, 0.05) is 25.1 Å². The Morgan fingerprint density at radius 1 is 1.50 bits per heavy atom. The number of carbonyl (C=O) groups is 2. The molecular weight excluding hydrogens is 274 g/mol. The van der Waals surface area contributed by atoms with Crippen molar-refractivity contribution in [3.8, 4) is 5.75 Å². The molecule has 2 rings (SSSR count). The molecule has 108 valence electrons. The molecule has 1 fully saturated rings. The minimum atomic E-state index is 0.0370. The number of carbonyl (C=O) groups excluding carboxylic acids is 2. The smallest absolute Gasteiger partial charge is 0.228 e. The van der Waals surface area contributed by atoms with Crippen molar-refractivity contribution in [1.29, 1.82) is 0 Å². The number of thioether (sulfide) groups is 1. The predicted octanol–water partition coefficient (Wildman–Crippen LogP) is 2.78. The highest BCUT2D eigenvalue weighted by molar-refractivity contribution is 8.14. The summed E-state index contributed by atoms with van der Waals surface area (Å²) in [7, 11) is 0. The van der Waals surface area contributed by atoms with Crippen molar-refractivity contribution in [3.05, 3.63) is 23.8 Å². The fraction of sp³-hybridized carbons (Fsp3) is 0.467. The quantitative estimate of drug-likeness (QED) is 0.856. The van der Waals surface area contributed by atoms with Crippen molar-refractivity contribution in [2.75, 3.05) is 18.1 Å². The summed E-state index contributed by atoms with van der Waals surface area (Å²) in [5.41, 5.74) is 1.89. The highest BCUT2D eigenvalue weighted by Crippen LogP contribution is 2.35. The lowest BCUT2D eigenvalue weighted by Gasteiger charge is -2.20. The van der Waals surface area contributed by atoms with E-state index in [2.05, 4.69) is 0 Å². The molecule has 0 spiro atoms. The van der Waals surface area contributed by atoms with Gasteiger partial charge in [-0.15, -0.1) is 0 Å². The molecule has 1 aromatic rings. The van der Waals surface area contributed by atoms with Crippen LogP contribution in [-0.2, 0) is 9.59 Å². The van der Waals surface area contributed by atoms with E-state index in [0.717, 1.165) is 17.0 Å². The molecule has 20 heavy (non-hydrogen) atoms. The molecule has 1 amide bonds. The van der Waals surface area contributed by atoms with E-state index in [1.165, 1.54) is 18.7 Å². The molecule has 0 aliphatic carbocycles. The van der Waals surface area contributed by atoms with Crippen molar-refractivity contribution in [2.24, 2.45) is 0 Å². The summed E-state index contributed by atoms with van der Waals surface area (Å²) in [6.45, 7) is 6.57. The van der Waals surface area contributed by atoms with Crippen molar-refractivity contribution in [1.82, 2.24) is 0 Å². The molecule has 1 atom stereocenters. The maximum atomic E-state index is 12.2. The maximum Gasteiger partial charge on any atom is 0.228 e. The summed E-state index contributed by atoms with van der Waals surface area (Å²) >= 11 is 1.25. The molecular formula is C15H19NO3S. The highest BCUT2D eigenvalue weighted by atomic mass is 32.2. The van der Waals surface area contributed by atoms with Gasteiger partial charge in [-0.2, -0.15) is 0 Å². The highest BCUT2D eigenvalue weighted by Gasteiger charge is 2.33. The third kappa shape index (κ3) is 3.33. The lowest BCUT2D eigenvalue weighted by atomic mass is 10.2. The number of benzene rings is 1. The Labute approximate surface area is 123 Å². The number of nitrogens with zero attached hydrogens (tertiary/aromatic N) is 1. The fourth-order valence-electron chi connectivity index (χ4n) is 2.34. The van der Waals surface area contributed by atoms with Crippen LogP contribution in [-0.4, -0.2) is 29.4 Å². The van der Waals surface area contributed by atoms with Gasteiger partial charge in [-0.1, -0.05) is 17.8 Å².